The molecular formula is C19H16Cl2N2O5S. The number of carbonyl (C=O) groups is 2. The fraction of sp³-hybridized carbons (Fsp3) is 0.211. The molecule has 2 aromatic carbocycles. The first kappa shape index (κ1) is 21.2. The highest BCUT2D eigenvalue weighted by Crippen LogP contribution is 2.30. The van der Waals surface area contributed by atoms with Crippen molar-refractivity contribution in [1.29, 1.82) is 0 Å². The smallest absolute Gasteiger partial charge is 0.325 e. The van der Waals surface area contributed by atoms with Crippen molar-refractivity contribution in [2.45, 2.75) is 6.54 Å². The van der Waals surface area contributed by atoms with Gasteiger partial charge in [-0.2, -0.15) is 4.99 Å². The third kappa shape index (κ3) is 4.39. The molecule has 0 aliphatic rings. The van der Waals surface area contributed by atoms with Gasteiger partial charge in [-0.25, -0.2) is 0 Å². The maximum atomic E-state index is 12.8. The minimum absolute atomic E-state index is 0.157. The number of esters is 1. The summed E-state index contributed by atoms with van der Waals surface area (Å²) in [5, 5.41) is 0.777. The Kier molecular flexibility index (Phi) is 6.46. The zero-order valence-corrected chi connectivity index (χ0v) is 18.0. The van der Waals surface area contributed by atoms with Crippen LogP contribution in [0.2, 0.25) is 10.0 Å². The Morgan fingerprint density at radius 2 is 1.79 bits per heavy atom. The third-order valence-corrected chi connectivity index (χ3v) is 5.57. The zero-order chi connectivity index (χ0) is 21.1. The lowest BCUT2D eigenvalue weighted by Crippen LogP contribution is -2.22. The molecule has 3 rings (SSSR count). The largest absolute Gasteiger partial charge is 0.493 e. The van der Waals surface area contributed by atoms with Crippen LogP contribution in [-0.4, -0.2) is 37.8 Å². The molecule has 0 aliphatic heterocycles. The molecule has 0 bridgehead atoms. The molecule has 0 N–H and O–H groups in total. The van der Waals surface area contributed by atoms with Gasteiger partial charge in [0.2, 0.25) is 0 Å². The second kappa shape index (κ2) is 8.86. The summed E-state index contributed by atoms with van der Waals surface area (Å²) in [6, 6.07) is 7.99. The molecule has 10 heteroatoms. The third-order valence-electron chi connectivity index (χ3n) is 4.04. The standard InChI is InChI=1S/C19H16Cl2N2O5S/c1-26-13-5-4-10(6-14(13)27-2)18(25)22-19-23(9-16(24)28-3)17-12(21)7-11(20)8-15(17)29-19/h4-8H,9H2,1-3H3. The summed E-state index contributed by atoms with van der Waals surface area (Å²) in [4.78, 5) is 29.2. The average molecular weight is 455 g/mol. The lowest BCUT2D eigenvalue weighted by Gasteiger charge is -2.08. The van der Waals surface area contributed by atoms with Crippen LogP contribution in [0.5, 0.6) is 11.5 Å². The fourth-order valence-electron chi connectivity index (χ4n) is 2.68. The summed E-state index contributed by atoms with van der Waals surface area (Å²) in [6.07, 6.45) is 0. The monoisotopic (exact) mass is 454 g/mol. The van der Waals surface area contributed by atoms with E-state index in [1.54, 1.807) is 24.3 Å². The Hall–Kier alpha value is -2.55. The number of nitrogens with zero attached hydrogens (tertiary/aromatic N) is 2. The van der Waals surface area contributed by atoms with E-state index in [2.05, 4.69) is 4.99 Å². The highest BCUT2D eigenvalue weighted by atomic mass is 35.5. The Balaban J connectivity index is 2.16. The van der Waals surface area contributed by atoms with E-state index in [4.69, 9.17) is 37.4 Å². The molecule has 0 radical (unpaired) electrons. The Morgan fingerprint density at radius 1 is 1.07 bits per heavy atom. The van der Waals surface area contributed by atoms with E-state index in [1.807, 2.05) is 0 Å². The van der Waals surface area contributed by atoms with Crippen molar-refractivity contribution in [2.24, 2.45) is 4.99 Å². The number of thiazole rings is 1. The van der Waals surface area contributed by atoms with Crippen molar-refractivity contribution in [2.75, 3.05) is 21.3 Å². The van der Waals surface area contributed by atoms with Crippen molar-refractivity contribution in [3.63, 3.8) is 0 Å². The Morgan fingerprint density at radius 3 is 2.45 bits per heavy atom. The molecule has 1 heterocycles. The molecule has 152 valence electrons. The molecule has 0 unspecified atom stereocenters. The first-order valence-corrected chi connectivity index (χ1v) is 9.81. The van der Waals surface area contributed by atoms with Crippen LogP contribution in [-0.2, 0) is 16.1 Å². The number of halogens is 2. The van der Waals surface area contributed by atoms with Gasteiger partial charge >= 0.3 is 5.97 Å². The highest BCUT2D eigenvalue weighted by Gasteiger charge is 2.16. The first-order chi connectivity index (χ1) is 13.9. The molecule has 3 aromatic rings. The predicted molar refractivity (Wildman–Crippen MR) is 111 cm³/mol. The van der Waals surface area contributed by atoms with Gasteiger partial charge in [0.05, 0.1) is 36.6 Å². The summed E-state index contributed by atoms with van der Waals surface area (Å²) in [5.41, 5.74) is 0.846. The number of carbonyl (C=O) groups excluding carboxylic acids is 2. The summed E-state index contributed by atoms with van der Waals surface area (Å²) < 4.78 is 17.4. The topological polar surface area (TPSA) is 79.1 Å². The van der Waals surface area contributed by atoms with Crippen LogP contribution in [0.1, 0.15) is 10.4 Å². The molecule has 1 amide bonds. The first-order valence-electron chi connectivity index (χ1n) is 8.24. The quantitative estimate of drug-likeness (QED) is 0.545. The van der Waals surface area contributed by atoms with Crippen LogP contribution in [0, 0.1) is 0 Å². The number of amides is 1. The van der Waals surface area contributed by atoms with E-state index < -0.39 is 11.9 Å². The molecule has 0 atom stereocenters. The fourth-order valence-corrected chi connectivity index (χ4v) is 4.49. The number of methoxy groups -OCH3 is 3. The lowest BCUT2D eigenvalue weighted by atomic mass is 10.2. The van der Waals surface area contributed by atoms with Gasteiger partial charge in [-0.3, -0.25) is 9.59 Å². The van der Waals surface area contributed by atoms with Gasteiger partial charge in [-0.15, -0.1) is 0 Å². The number of ether oxygens (including phenoxy) is 3. The van der Waals surface area contributed by atoms with Crippen molar-refractivity contribution in [3.05, 3.63) is 50.7 Å². The normalized spacial score (nSPS) is 11.6. The minimum atomic E-state index is -0.515. The minimum Gasteiger partial charge on any atom is -0.493 e. The van der Waals surface area contributed by atoms with Gasteiger partial charge in [0.1, 0.15) is 6.54 Å². The number of benzene rings is 2. The Bertz CT molecular complexity index is 1170. The molecule has 0 saturated heterocycles. The summed E-state index contributed by atoms with van der Waals surface area (Å²) in [7, 11) is 4.26. The highest BCUT2D eigenvalue weighted by molar-refractivity contribution is 7.16. The summed E-state index contributed by atoms with van der Waals surface area (Å²) >= 11 is 13.6. The van der Waals surface area contributed by atoms with Crippen molar-refractivity contribution in [1.82, 2.24) is 4.57 Å². The SMILES string of the molecule is COC(=O)Cn1c(=NC(=O)c2ccc(OC)c(OC)c2)sc2cc(Cl)cc(Cl)c21. The van der Waals surface area contributed by atoms with Crippen LogP contribution >= 0.6 is 34.5 Å². The molecular weight excluding hydrogens is 439 g/mol. The number of aromatic nitrogens is 1. The Labute approximate surface area is 180 Å². The van der Waals surface area contributed by atoms with E-state index in [1.165, 1.54) is 43.3 Å². The van der Waals surface area contributed by atoms with Crippen LogP contribution in [0.25, 0.3) is 10.2 Å². The average Bonchev–Trinajstić information content (AvgIpc) is 3.03. The van der Waals surface area contributed by atoms with E-state index in [0.717, 1.165) is 0 Å². The van der Waals surface area contributed by atoms with Crippen LogP contribution in [0.3, 0.4) is 0 Å². The second-order valence-electron chi connectivity index (χ2n) is 5.77. The van der Waals surface area contributed by atoms with E-state index in [0.29, 0.717) is 37.3 Å². The zero-order valence-electron chi connectivity index (χ0n) is 15.7. The maximum Gasteiger partial charge on any atom is 0.325 e. The number of rotatable bonds is 5. The van der Waals surface area contributed by atoms with Gasteiger partial charge in [0.25, 0.3) is 5.91 Å². The van der Waals surface area contributed by atoms with E-state index in [-0.39, 0.29) is 11.3 Å². The molecule has 0 aliphatic carbocycles. The predicted octanol–water partition coefficient (Wildman–Crippen LogP) is 3.94. The van der Waals surface area contributed by atoms with Crippen LogP contribution < -0.4 is 14.3 Å². The number of hydrogen-bond acceptors (Lipinski definition) is 6. The lowest BCUT2D eigenvalue weighted by molar-refractivity contribution is -0.141. The molecule has 29 heavy (non-hydrogen) atoms. The molecule has 1 aromatic heterocycles. The molecule has 0 saturated carbocycles. The van der Waals surface area contributed by atoms with Crippen LogP contribution in [0.4, 0.5) is 0 Å². The summed E-state index contributed by atoms with van der Waals surface area (Å²) in [5.74, 6) is -0.121. The second-order valence-corrected chi connectivity index (χ2v) is 7.62. The number of fused-ring (bicyclic) bond motifs is 1. The van der Waals surface area contributed by atoms with Gasteiger partial charge in [-0.05, 0) is 30.3 Å². The maximum absolute atomic E-state index is 12.8. The van der Waals surface area contributed by atoms with Crippen LogP contribution in [0.15, 0.2) is 35.3 Å². The van der Waals surface area contributed by atoms with E-state index >= 15 is 0 Å². The van der Waals surface area contributed by atoms with Gasteiger partial charge < -0.3 is 18.8 Å². The van der Waals surface area contributed by atoms with Gasteiger partial charge in [0.15, 0.2) is 16.3 Å². The molecule has 0 fully saturated rings. The van der Waals surface area contributed by atoms with Crippen molar-refractivity contribution in [3.8, 4) is 11.5 Å². The van der Waals surface area contributed by atoms with Gasteiger partial charge in [-0.1, -0.05) is 34.5 Å². The van der Waals surface area contributed by atoms with Gasteiger partial charge in [0, 0.05) is 10.6 Å². The van der Waals surface area contributed by atoms with Crippen molar-refractivity contribution >= 4 is 56.6 Å². The number of hydrogen-bond donors (Lipinski definition) is 0. The summed E-state index contributed by atoms with van der Waals surface area (Å²) in [6.45, 7) is -0.157. The molecule has 0 spiro atoms. The van der Waals surface area contributed by atoms with E-state index in [9.17, 15) is 9.59 Å². The molecule has 7 nitrogen and oxygen atoms in total. The van der Waals surface area contributed by atoms with Crippen molar-refractivity contribution < 1.29 is 23.8 Å².